The summed E-state index contributed by atoms with van der Waals surface area (Å²) in [6, 6.07) is 7.41. The van der Waals surface area contributed by atoms with Gasteiger partial charge < -0.3 is 20.1 Å². The zero-order valence-electron chi connectivity index (χ0n) is 12.3. The fourth-order valence-electron chi connectivity index (χ4n) is 2.19. The summed E-state index contributed by atoms with van der Waals surface area (Å²) in [6.45, 7) is 2.21. The predicted octanol–water partition coefficient (Wildman–Crippen LogP) is 2.21. The van der Waals surface area contributed by atoms with E-state index in [1.165, 1.54) is 0 Å². The van der Waals surface area contributed by atoms with Crippen molar-refractivity contribution in [3.8, 4) is 5.75 Å². The molecule has 1 heterocycles. The topological polar surface area (TPSA) is 59.6 Å². The van der Waals surface area contributed by atoms with Gasteiger partial charge in [0.1, 0.15) is 5.75 Å². The van der Waals surface area contributed by atoms with Crippen molar-refractivity contribution in [2.45, 2.75) is 25.3 Å². The first-order chi connectivity index (χ1) is 9.79. The lowest BCUT2D eigenvalue weighted by molar-refractivity contribution is -0.117. The van der Waals surface area contributed by atoms with Crippen molar-refractivity contribution in [1.82, 2.24) is 5.32 Å². The van der Waals surface area contributed by atoms with Gasteiger partial charge in [-0.15, -0.1) is 12.4 Å². The van der Waals surface area contributed by atoms with Crippen molar-refractivity contribution in [3.63, 3.8) is 0 Å². The van der Waals surface area contributed by atoms with Gasteiger partial charge in [-0.1, -0.05) is 6.07 Å². The molecule has 6 heteroatoms. The summed E-state index contributed by atoms with van der Waals surface area (Å²) in [5.41, 5.74) is 0.771. The third-order valence-corrected chi connectivity index (χ3v) is 3.24. The first kappa shape index (κ1) is 17.8. The number of amides is 1. The Hall–Kier alpha value is -1.30. The number of ether oxygens (including phenoxy) is 2. The quantitative estimate of drug-likeness (QED) is 0.758. The molecule has 0 spiro atoms. The van der Waals surface area contributed by atoms with Gasteiger partial charge in [0.2, 0.25) is 5.91 Å². The van der Waals surface area contributed by atoms with Crippen molar-refractivity contribution < 1.29 is 14.3 Å². The minimum absolute atomic E-state index is 0. The van der Waals surface area contributed by atoms with E-state index in [0.717, 1.165) is 37.2 Å². The van der Waals surface area contributed by atoms with E-state index in [0.29, 0.717) is 13.2 Å². The first-order valence-corrected chi connectivity index (χ1v) is 7.05. The fourth-order valence-corrected chi connectivity index (χ4v) is 2.19. The highest BCUT2D eigenvalue weighted by Crippen LogP contribution is 2.18. The van der Waals surface area contributed by atoms with Gasteiger partial charge in [0, 0.05) is 31.9 Å². The average Bonchev–Trinajstić information content (AvgIpc) is 2.98. The second-order valence-corrected chi connectivity index (χ2v) is 4.86. The van der Waals surface area contributed by atoms with Crippen molar-refractivity contribution in [1.29, 1.82) is 0 Å². The maximum absolute atomic E-state index is 12.0. The van der Waals surface area contributed by atoms with E-state index in [1.807, 2.05) is 24.3 Å². The second-order valence-electron chi connectivity index (χ2n) is 4.86. The van der Waals surface area contributed by atoms with Crippen LogP contribution in [-0.2, 0) is 9.53 Å². The smallest absolute Gasteiger partial charge is 0.241 e. The summed E-state index contributed by atoms with van der Waals surface area (Å²) < 4.78 is 10.6. The van der Waals surface area contributed by atoms with Crippen LogP contribution >= 0.6 is 12.4 Å². The zero-order valence-corrected chi connectivity index (χ0v) is 13.1. The summed E-state index contributed by atoms with van der Waals surface area (Å²) >= 11 is 0. The molecule has 5 nitrogen and oxygen atoms in total. The highest BCUT2D eigenvalue weighted by molar-refractivity contribution is 5.95. The highest BCUT2D eigenvalue weighted by atomic mass is 35.5. The molecule has 0 saturated carbocycles. The number of nitrogens with one attached hydrogen (secondary N) is 2. The molecule has 1 unspecified atom stereocenters. The van der Waals surface area contributed by atoms with E-state index < -0.39 is 0 Å². The molecule has 0 radical (unpaired) electrons. The lowest BCUT2D eigenvalue weighted by atomic mass is 10.2. The molecule has 0 bridgehead atoms. The van der Waals surface area contributed by atoms with Crippen LogP contribution in [-0.4, -0.2) is 38.8 Å². The molecule has 2 N–H and O–H groups in total. The van der Waals surface area contributed by atoms with E-state index in [9.17, 15) is 4.79 Å². The molecule has 2 rings (SSSR count). The summed E-state index contributed by atoms with van der Waals surface area (Å²) in [5, 5.41) is 6.10. The third kappa shape index (κ3) is 5.91. The van der Waals surface area contributed by atoms with Crippen LogP contribution in [0.5, 0.6) is 5.75 Å². The van der Waals surface area contributed by atoms with Crippen LogP contribution in [0, 0.1) is 0 Å². The van der Waals surface area contributed by atoms with Crippen LogP contribution in [0.3, 0.4) is 0 Å². The number of carbonyl (C=O) groups is 1. The number of benzene rings is 1. The largest absolute Gasteiger partial charge is 0.493 e. The summed E-state index contributed by atoms with van der Waals surface area (Å²) in [5.74, 6) is 0.789. The van der Waals surface area contributed by atoms with Crippen LogP contribution in [0.1, 0.15) is 19.3 Å². The van der Waals surface area contributed by atoms with Crippen LogP contribution in [0.4, 0.5) is 5.69 Å². The van der Waals surface area contributed by atoms with Gasteiger partial charge in [-0.2, -0.15) is 0 Å². The molecular weight excluding hydrogens is 292 g/mol. The Labute approximate surface area is 131 Å². The number of halogens is 1. The number of carbonyl (C=O) groups excluding carboxylic acids is 1. The Bertz CT molecular complexity index is 437. The van der Waals surface area contributed by atoms with Crippen molar-refractivity contribution in [3.05, 3.63) is 24.3 Å². The zero-order chi connectivity index (χ0) is 14.2. The maximum atomic E-state index is 12.0. The lowest BCUT2D eigenvalue weighted by Gasteiger charge is -2.12. The number of hydrogen-bond donors (Lipinski definition) is 2. The van der Waals surface area contributed by atoms with E-state index >= 15 is 0 Å². The van der Waals surface area contributed by atoms with Gasteiger partial charge in [0.15, 0.2) is 0 Å². The van der Waals surface area contributed by atoms with Gasteiger partial charge in [0.25, 0.3) is 0 Å². The Morgan fingerprint density at radius 3 is 3.00 bits per heavy atom. The van der Waals surface area contributed by atoms with Gasteiger partial charge >= 0.3 is 0 Å². The SMILES string of the molecule is COCCCOc1cccc(NC(=O)C2CCCN2)c1.Cl. The van der Waals surface area contributed by atoms with Gasteiger partial charge in [-0.25, -0.2) is 0 Å². The lowest BCUT2D eigenvalue weighted by Crippen LogP contribution is -2.35. The minimum atomic E-state index is -0.0683. The van der Waals surface area contributed by atoms with Gasteiger partial charge in [-0.3, -0.25) is 4.79 Å². The molecule has 1 saturated heterocycles. The van der Waals surface area contributed by atoms with Gasteiger partial charge in [-0.05, 0) is 31.5 Å². The summed E-state index contributed by atoms with van der Waals surface area (Å²) in [4.78, 5) is 12.0. The Morgan fingerprint density at radius 2 is 2.29 bits per heavy atom. The normalized spacial score (nSPS) is 17.1. The van der Waals surface area contributed by atoms with Crippen LogP contribution in [0.25, 0.3) is 0 Å². The Morgan fingerprint density at radius 1 is 1.43 bits per heavy atom. The fraction of sp³-hybridized carbons (Fsp3) is 0.533. The van der Waals surface area contributed by atoms with Crippen molar-refractivity contribution >= 4 is 24.0 Å². The van der Waals surface area contributed by atoms with E-state index in [2.05, 4.69) is 10.6 Å². The molecule has 118 valence electrons. The van der Waals surface area contributed by atoms with E-state index in [-0.39, 0.29) is 24.4 Å². The molecule has 1 fully saturated rings. The molecule has 1 atom stereocenters. The van der Waals surface area contributed by atoms with E-state index in [4.69, 9.17) is 9.47 Å². The first-order valence-electron chi connectivity index (χ1n) is 7.05. The second kappa shape index (κ2) is 9.60. The molecule has 1 amide bonds. The predicted molar refractivity (Wildman–Crippen MR) is 85.3 cm³/mol. The maximum Gasteiger partial charge on any atom is 0.241 e. The van der Waals surface area contributed by atoms with Crippen LogP contribution < -0.4 is 15.4 Å². The molecule has 0 aromatic heterocycles. The molecule has 1 aromatic carbocycles. The van der Waals surface area contributed by atoms with Crippen molar-refractivity contribution in [2.24, 2.45) is 0 Å². The average molecular weight is 315 g/mol. The monoisotopic (exact) mass is 314 g/mol. The van der Waals surface area contributed by atoms with Gasteiger partial charge in [0.05, 0.1) is 12.6 Å². The molecule has 1 aliphatic heterocycles. The third-order valence-electron chi connectivity index (χ3n) is 3.24. The Balaban J connectivity index is 0.00000220. The summed E-state index contributed by atoms with van der Waals surface area (Å²) in [6.07, 6.45) is 2.80. The Kier molecular flexibility index (Phi) is 8.12. The van der Waals surface area contributed by atoms with Crippen LogP contribution in [0.2, 0.25) is 0 Å². The molecule has 1 aromatic rings. The number of hydrogen-bond acceptors (Lipinski definition) is 4. The number of methoxy groups -OCH3 is 1. The number of rotatable bonds is 7. The van der Waals surface area contributed by atoms with Crippen molar-refractivity contribution in [2.75, 3.05) is 32.2 Å². The van der Waals surface area contributed by atoms with E-state index in [1.54, 1.807) is 7.11 Å². The number of anilines is 1. The summed E-state index contributed by atoms with van der Waals surface area (Å²) in [7, 11) is 1.67. The minimum Gasteiger partial charge on any atom is -0.493 e. The molecular formula is C15H23ClN2O3. The standard InChI is InChI=1S/C15H22N2O3.ClH/c1-19-9-4-10-20-13-6-2-5-12(11-13)17-15(18)14-7-3-8-16-14;/h2,5-6,11,14,16H,3-4,7-10H2,1H3,(H,17,18);1H. The molecule has 0 aliphatic carbocycles. The highest BCUT2D eigenvalue weighted by Gasteiger charge is 2.21. The van der Waals surface area contributed by atoms with Crippen LogP contribution in [0.15, 0.2) is 24.3 Å². The molecule has 1 aliphatic rings. The molecule has 21 heavy (non-hydrogen) atoms.